The van der Waals surface area contributed by atoms with Gasteiger partial charge in [0.05, 0.1) is 17.4 Å². The van der Waals surface area contributed by atoms with Crippen molar-refractivity contribution in [2.24, 2.45) is 10.8 Å². The first-order valence-corrected chi connectivity index (χ1v) is 8.20. The van der Waals surface area contributed by atoms with Crippen LogP contribution in [-0.2, 0) is 28.6 Å². The minimum absolute atomic E-state index is 0.0326. The quantitative estimate of drug-likeness (QED) is 0.248. The number of unbranched alkanes of at least 4 members (excludes halogenated alkanes) is 1. The normalized spacial score (nSPS) is 11.5. The summed E-state index contributed by atoms with van der Waals surface area (Å²) in [6.45, 7) is 12.5. The predicted molar refractivity (Wildman–Crippen MR) is 90.2 cm³/mol. The van der Waals surface area contributed by atoms with Crippen LogP contribution in [0.5, 0.6) is 0 Å². The number of ether oxygens (including phenoxy) is 3. The highest BCUT2D eigenvalue weighted by atomic mass is 16.6. The van der Waals surface area contributed by atoms with Gasteiger partial charge in [-0.15, -0.1) is 0 Å². The molecular weight excluding hydrogens is 312 g/mol. The van der Waals surface area contributed by atoms with E-state index in [-0.39, 0.29) is 25.6 Å². The minimum atomic E-state index is -0.865. The molecule has 0 saturated heterocycles. The van der Waals surface area contributed by atoms with Crippen molar-refractivity contribution in [2.75, 3.05) is 19.8 Å². The Bertz CT molecular complexity index is 450. The summed E-state index contributed by atoms with van der Waals surface area (Å²) < 4.78 is 15.1. The summed E-state index contributed by atoms with van der Waals surface area (Å²) in [5, 5.41) is 0. The van der Waals surface area contributed by atoms with E-state index in [1.165, 1.54) is 0 Å². The van der Waals surface area contributed by atoms with Gasteiger partial charge in [0.25, 0.3) is 0 Å². The zero-order valence-electron chi connectivity index (χ0n) is 15.5. The highest BCUT2D eigenvalue weighted by Crippen LogP contribution is 2.35. The van der Waals surface area contributed by atoms with Crippen molar-refractivity contribution < 1.29 is 28.6 Å². The minimum Gasteiger partial charge on any atom is -0.465 e. The zero-order valence-corrected chi connectivity index (χ0v) is 15.5. The van der Waals surface area contributed by atoms with Crippen molar-refractivity contribution in [1.29, 1.82) is 0 Å². The standard InChI is InChI=1S/C18H30O6/c1-7-9-10-23-15(20)17(3,4)13-18(5,6)16(21)24-12-11-22-14(19)8-2/h8H,2,7,9-13H2,1,3-6H3. The van der Waals surface area contributed by atoms with E-state index in [4.69, 9.17) is 14.2 Å². The van der Waals surface area contributed by atoms with E-state index in [9.17, 15) is 14.4 Å². The van der Waals surface area contributed by atoms with Gasteiger partial charge in [0, 0.05) is 6.08 Å². The lowest BCUT2D eigenvalue weighted by atomic mass is 9.75. The van der Waals surface area contributed by atoms with E-state index in [2.05, 4.69) is 6.58 Å². The lowest BCUT2D eigenvalue weighted by molar-refractivity contribution is -0.164. The summed E-state index contributed by atoms with van der Waals surface area (Å²) in [7, 11) is 0. The highest BCUT2D eigenvalue weighted by molar-refractivity contribution is 5.81. The van der Waals surface area contributed by atoms with Crippen LogP contribution in [0.1, 0.15) is 53.9 Å². The fraction of sp³-hybridized carbons (Fsp3) is 0.722. The van der Waals surface area contributed by atoms with Crippen LogP contribution in [0.25, 0.3) is 0 Å². The molecule has 0 saturated carbocycles. The summed E-state index contributed by atoms with van der Waals surface area (Å²) >= 11 is 0. The molecule has 0 atom stereocenters. The van der Waals surface area contributed by atoms with Crippen LogP contribution in [-0.4, -0.2) is 37.7 Å². The maximum Gasteiger partial charge on any atom is 0.330 e. The Hall–Kier alpha value is -1.85. The van der Waals surface area contributed by atoms with Gasteiger partial charge in [-0.25, -0.2) is 4.79 Å². The van der Waals surface area contributed by atoms with Gasteiger partial charge in [-0.2, -0.15) is 0 Å². The summed E-state index contributed by atoms with van der Waals surface area (Å²) in [5.74, 6) is -1.34. The van der Waals surface area contributed by atoms with Crippen molar-refractivity contribution in [3.05, 3.63) is 12.7 Å². The molecule has 0 N–H and O–H groups in total. The van der Waals surface area contributed by atoms with Crippen molar-refractivity contribution in [3.63, 3.8) is 0 Å². The molecule has 0 unspecified atom stereocenters. The third-order valence-corrected chi connectivity index (χ3v) is 3.45. The Kier molecular flexibility index (Phi) is 9.33. The SMILES string of the molecule is C=CC(=O)OCCOC(=O)C(C)(C)CC(C)(C)C(=O)OCCCC. The zero-order chi connectivity index (χ0) is 18.8. The van der Waals surface area contributed by atoms with Crippen LogP contribution in [0, 0.1) is 10.8 Å². The Balaban J connectivity index is 4.46. The average Bonchev–Trinajstić information content (AvgIpc) is 2.49. The molecule has 0 aromatic heterocycles. The van der Waals surface area contributed by atoms with E-state index in [1.54, 1.807) is 27.7 Å². The van der Waals surface area contributed by atoms with Gasteiger partial charge >= 0.3 is 17.9 Å². The molecule has 0 spiro atoms. The molecule has 0 aliphatic rings. The van der Waals surface area contributed by atoms with Gasteiger partial charge < -0.3 is 14.2 Å². The molecule has 0 rings (SSSR count). The van der Waals surface area contributed by atoms with Gasteiger partial charge in [0.2, 0.25) is 0 Å². The van der Waals surface area contributed by atoms with Crippen LogP contribution in [0.4, 0.5) is 0 Å². The number of carbonyl (C=O) groups is 3. The van der Waals surface area contributed by atoms with Gasteiger partial charge in [-0.1, -0.05) is 19.9 Å². The fourth-order valence-electron chi connectivity index (χ4n) is 2.28. The third-order valence-electron chi connectivity index (χ3n) is 3.45. The fourth-order valence-corrected chi connectivity index (χ4v) is 2.28. The molecular formula is C18H30O6. The van der Waals surface area contributed by atoms with E-state index < -0.39 is 22.8 Å². The summed E-state index contributed by atoms with van der Waals surface area (Å²) in [6.07, 6.45) is 3.09. The van der Waals surface area contributed by atoms with E-state index in [1.807, 2.05) is 6.92 Å². The summed E-state index contributed by atoms with van der Waals surface area (Å²) in [5.41, 5.74) is -1.67. The number of hydrogen-bond acceptors (Lipinski definition) is 6. The molecule has 24 heavy (non-hydrogen) atoms. The number of hydrogen-bond donors (Lipinski definition) is 0. The first-order chi connectivity index (χ1) is 11.1. The molecule has 0 aromatic rings. The second-order valence-corrected chi connectivity index (χ2v) is 6.94. The predicted octanol–water partition coefficient (Wildman–Crippen LogP) is 3.04. The summed E-state index contributed by atoms with van der Waals surface area (Å²) in [4.78, 5) is 35.3. The molecule has 6 nitrogen and oxygen atoms in total. The van der Waals surface area contributed by atoms with Crippen LogP contribution >= 0.6 is 0 Å². The van der Waals surface area contributed by atoms with Crippen molar-refractivity contribution in [3.8, 4) is 0 Å². The Labute approximate surface area is 144 Å². The molecule has 0 amide bonds. The highest BCUT2D eigenvalue weighted by Gasteiger charge is 2.40. The van der Waals surface area contributed by atoms with Gasteiger partial charge in [-0.05, 0) is 40.5 Å². The molecule has 0 heterocycles. The molecule has 0 radical (unpaired) electrons. The number of esters is 3. The third kappa shape index (κ3) is 8.13. The molecule has 0 aliphatic heterocycles. The lowest BCUT2D eigenvalue weighted by Crippen LogP contribution is -2.37. The Morgan fingerprint density at radius 3 is 1.79 bits per heavy atom. The van der Waals surface area contributed by atoms with Crippen molar-refractivity contribution in [1.82, 2.24) is 0 Å². The molecule has 0 bridgehead atoms. The smallest absolute Gasteiger partial charge is 0.330 e. The van der Waals surface area contributed by atoms with Crippen molar-refractivity contribution in [2.45, 2.75) is 53.9 Å². The first-order valence-electron chi connectivity index (χ1n) is 8.20. The molecule has 0 aromatic carbocycles. The Morgan fingerprint density at radius 1 is 0.875 bits per heavy atom. The Morgan fingerprint density at radius 2 is 1.33 bits per heavy atom. The van der Waals surface area contributed by atoms with Gasteiger partial charge in [-0.3, -0.25) is 9.59 Å². The van der Waals surface area contributed by atoms with Crippen molar-refractivity contribution >= 4 is 17.9 Å². The molecule has 0 fully saturated rings. The lowest BCUT2D eigenvalue weighted by Gasteiger charge is -2.31. The second-order valence-electron chi connectivity index (χ2n) is 6.94. The van der Waals surface area contributed by atoms with Crippen LogP contribution in [0.2, 0.25) is 0 Å². The van der Waals surface area contributed by atoms with E-state index >= 15 is 0 Å². The van der Waals surface area contributed by atoms with Crippen LogP contribution in [0.3, 0.4) is 0 Å². The monoisotopic (exact) mass is 342 g/mol. The largest absolute Gasteiger partial charge is 0.465 e. The number of rotatable bonds is 11. The van der Waals surface area contributed by atoms with E-state index in [0.29, 0.717) is 6.61 Å². The van der Waals surface area contributed by atoms with Gasteiger partial charge in [0.1, 0.15) is 13.2 Å². The summed E-state index contributed by atoms with van der Waals surface area (Å²) in [6, 6.07) is 0. The van der Waals surface area contributed by atoms with Crippen LogP contribution < -0.4 is 0 Å². The maximum atomic E-state index is 12.2. The topological polar surface area (TPSA) is 78.9 Å². The van der Waals surface area contributed by atoms with Gasteiger partial charge in [0.15, 0.2) is 0 Å². The molecule has 0 aliphatic carbocycles. The molecule has 6 heteroatoms. The van der Waals surface area contributed by atoms with E-state index in [0.717, 1.165) is 18.9 Å². The second kappa shape index (κ2) is 10.1. The number of carbonyl (C=O) groups excluding carboxylic acids is 3. The first kappa shape index (κ1) is 22.1. The average molecular weight is 342 g/mol. The maximum absolute atomic E-state index is 12.2. The molecule has 138 valence electrons. The van der Waals surface area contributed by atoms with Crippen LogP contribution in [0.15, 0.2) is 12.7 Å².